The van der Waals surface area contributed by atoms with Crippen LogP contribution in [0, 0.1) is 0 Å². The van der Waals surface area contributed by atoms with Crippen molar-refractivity contribution in [2.45, 2.75) is 38.3 Å². The maximum absolute atomic E-state index is 6.14. The lowest BCUT2D eigenvalue weighted by Gasteiger charge is -2.39. The van der Waals surface area contributed by atoms with Crippen molar-refractivity contribution in [1.82, 2.24) is 19.7 Å². The second-order valence-corrected chi connectivity index (χ2v) is 5.32. The molecule has 1 aliphatic rings. The Morgan fingerprint density at radius 3 is 3.00 bits per heavy atom. The van der Waals surface area contributed by atoms with Gasteiger partial charge in [0, 0.05) is 25.7 Å². The van der Waals surface area contributed by atoms with Gasteiger partial charge in [-0.15, -0.1) is 0 Å². The highest BCUT2D eigenvalue weighted by Crippen LogP contribution is 2.29. The minimum atomic E-state index is 0.141. The fourth-order valence-electron chi connectivity index (χ4n) is 2.95. The number of aryl methyl sites for hydroxylation is 1. The number of anilines is 1. The average molecular weight is 260 g/mol. The molecule has 3 rings (SSSR count). The summed E-state index contributed by atoms with van der Waals surface area (Å²) in [6, 6.07) is 0.494. The first-order valence-electron chi connectivity index (χ1n) is 6.83. The van der Waals surface area contributed by atoms with Crippen molar-refractivity contribution < 1.29 is 0 Å². The molecule has 0 aromatic carbocycles. The first-order chi connectivity index (χ1) is 9.18. The van der Waals surface area contributed by atoms with Crippen molar-refractivity contribution in [3.05, 3.63) is 12.5 Å². The summed E-state index contributed by atoms with van der Waals surface area (Å²) in [5.41, 5.74) is 7.01. The minimum Gasteiger partial charge on any atom is -0.351 e. The fourth-order valence-corrected chi connectivity index (χ4v) is 2.95. The summed E-state index contributed by atoms with van der Waals surface area (Å²) in [6.45, 7) is 3.08. The molecular formula is C13H20N6. The van der Waals surface area contributed by atoms with Crippen molar-refractivity contribution in [1.29, 1.82) is 0 Å². The molecule has 2 aromatic rings. The number of aromatic nitrogens is 4. The van der Waals surface area contributed by atoms with Gasteiger partial charge in [-0.25, -0.2) is 9.97 Å². The zero-order valence-electron chi connectivity index (χ0n) is 11.5. The molecule has 2 unspecified atom stereocenters. The second-order valence-electron chi connectivity index (χ2n) is 5.32. The highest BCUT2D eigenvalue weighted by atomic mass is 15.3. The third-order valence-corrected chi connectivity index (χ3v) is 3.94. The van der Waals surface area contributed by atoms with Gasteiger partial charge in [-0.05, 0) is 26.2 Å². The fraction of sp³-hybridized carbons (Fsp3) is 0.615. The molecule has 1 aliphatic heterocycles. The minimum absolute atomic E-state index is 0.141. The molecule has 1 fully saturated rings. The van der Waals surface area contributed by atoms with E-state index in [9.17, 15) is 0 Å². The number of hydrogen-bond donors (Lipinski definition) is 1. The Morgan fingerprint density at radius 2 is 2.21 bits per heavy atom. The Labute approximate surface area is 112 Å². The van der Waals surface area contributed by atoms with Gasteiger partial charge in [-0.1, -0.05) is 0 Å². The molecule has 102 valence electrons. The van der Waals surface area contributed by atoms with Crippen molar-refractivity contribution in [2.75, 3.05) is 11.4 Å². The van der Waals surface area contributed by atoms with E-state index in [0.29, 0.717) is 6.04 Å². The largest absolute Gasteiger partial charge is 0.351 e. The topological polar surface area (TPSA) is 72.9 Å². The van der Waals surface area contributed by atoms with Crippen LogP contribution in [0.15, 0.2) is 12.5 Å². The lowest BCUT2D eigenvalue weighted by Crippen LogP contribution is -2.49. The van der Waals surface area contributed by atoms with E-state index >= 15 is 0 Å². The molecule has 0 amide bonds. The van der Waals surface area contributed by atoms with Crippen LogP contribution in [-0.2, 0) is 7.05 Å². The van der Waals surface area contributed by atoms with Crippen LogP contribution in [0.25, 0.3) is 11.0 Å². The Morgan fingerprint density at radius 1 is 1.37 bits per heavy atom. The zero-order valence-corrected chi connectivity index (χ0v) is 11.5. The molecule has 0 saturated carbocycles. The summed E-state index contributed by atoms with van der Waals surface area (Å²) in [5, 5.41) is 5.29. The predicted octanol–water partition coefficient (Wildman–Crippen LogP) is 1.07. The Kier molecular flexibility index (Phi) is 3.10. The predicted molar refractivity (Wildman–Crippen MR) is 74.9 cm³/mol. The number of piperidine rings is 1. The van der Waals surface area contributed by atoms with Gasteiger partial charge in [-0.3, -0.25) is 4.68 Å². The summed E-state index contributed by atoms with van der Waals surface area (Å²) >= 11 is 0. The van der Waals surface area contributed by atoms with Crippen molar-refractivity contribution >= 4 is 16.9 Å². The quantitative estimate of drug-likeness (QED) is 0.874. The van der Waals surface area contributed by atoms with E-state index in [2.05, 4.69) is 26.9 Å². The Bertz CT molecular complexity index is 576. The number of fused-ring (bicyclic) bond motifs is 1. The van der Waals surface area contributed by atoms with E-state index in [4.69, 9.17) is 5.73 Å². The molecule has 2 aromatic heterocycles. The molecule has 0 bridgehead atoms. The second kappa shape index (κ2) is 4.77. The van der Waals surface area contributed by atoms with Gasteiger partial charge >= 0.3 is 0 Å². The SMILES string of the molecule is CC(N)C1CCCCN1c1ncnc2c1cnn2C. The first-order valence-corrected chi connectivity index (χ1v) is 6.83. The summed E-state index contributed by atoms with van der Waals surface area (Å²) in [6.07, 6.45) is 7.02. The van der Waals surface area contributed by atoms with Gasteiger partial charge in [0.1, 0.15) is 12.1 Å². The molecule has 2 N–H and O–H groups in total. The van der Waals surface area contributed by atoms with Gasteiger partial charge in [0.25, 0.3) is 0 Å². The summed E-state index contributed by atoms with van der Waals surface area (Å²) in [4.78, 5) is 11.1. The lowest BCUT2D eigenvalue weighted by molar-refractivity contribution is 0.411. The normalized spacial score (nSPS) is 21.8. The van der Waals surface area contributed by atoms with E-state index in [1.54, 1.807) is 11.0 Å². The van der Waals surface area contributed by atoms with Gasteiger partial charge in [0.05, 0.1) is 11.6 Å². The highest BCUT2D eigenvalue weighted by molar-refractivity contribution is 5.86. The Hall–Kier alpha value is -1.69. The smallest absolute Gasteiger partial charge is 0.163 e. The molecule has 0 spiro atoms. The molecule has 6 heteroatoms. The zero-order chi connectivity index (χ0) is 13.4. The third kappa shape index (κ3) is 2.06. The van der Waals surface area contributed by atoms with Gasteiger partial charge in [-0.2, -0.15) is 5.10 Å². The molecule has 0 radical (unpaired) electrons. The lowest BCUT2D eigenvalue weighted by atomic mass is 9.97. The van der Waals surface area contributed by atoms with Crippen LogP contribution in [-0.4, -0.2) is 38.4 Å². The number of nitrogens with zero attached hydrogens (tertiary/aromatic N) is 5. The van der Waals surface area contributed by atoms with Crippen LogP contribution in [0.2, 0.25) is 0 Å². The molecule has 1 saturated heterocycles. The number of nitrogens with two attached hydrogens (primary N) is 1. The average Bonchev–Trinajstić information content (AvgIpc) is 2.81. The maximum atomic E-state index is 6.14. The van der Waals surface area contributed by atoms with Crippen molar-refractivity contribution in [3.8, 4) is 0 Å². The third-order valence-electron chi connectivity index (χ3n) is 3.94. The van der Waals surface area contributed by atoms with E-state index in [1.807, 2.05) is 13.2 Å². The van der Waals surface area contributed by atoms with Crippen LogP contribution in [0.3, 0.4) is 0 Å². The standard InChI is InChI=1S/C13H20N6/c1-9(14)11-5-3-4-6-19(11)13-10-7-17-18(2)12(10)15-8-16-13/h7-9,11H,3-6,14H2,1-2H3. The van der Waals surface area contributed by atoms with E-state index in [0.717, 1.165) is 29.8 Å². The Balaban J connectivity index is 2.07. The van der Waals surface area contributed by atoms with E-state index < -0.39 is 0 Å². The van der Waals surface area contributed by atoms with E-state index in [1.165, 1.54) is 12.8 Å². The van der Waals surface area contributed by atoms with Crippen molar-refractivity contribution in [3.63, 3.8) is 0 Å². The van der Waals surface area contributed by atoms with Crippen LogP contribution in [0.1, 0.15) is 26.2 Å². The molecular weight excluding hydrogens is 240 g/mol. The van der Waals surface area contributed by atoms with Gasteiger partial charge in [0.2, 0.25) is 0 Å². The number of rotatable bonds is 2. The van der Waals surface area contributed by atoms with Gasteiger partial charge < -0.3 is 10.6 Å². The van der Waals surface area contributed by atoms with Crippen LogP contribution in [0.4, 0.5) is 5.82 Å². The molecule has 3 heterocycles. The van der Waals surface area contributed by atoms with Crippen molar-refractivity contribution in [2.24, 2.45) is 12.8 Å². The van der Waals surface area contributed by atoms with E-state index in [-0.39, 0.29) is 6.04 Å². The molecule has 6 nitrogen and oxygen atoms in total. The summed E-state index contributed by atoms with van der Waals surface area (Å²) < 4.78 is 1.78. The molecule has 2 atom stereocenters. The summed E-state index contributed by atoms with van der Waals surface area (Å²) in [7, 11) is 1.90. The monoisotopic (exact) mass is 260 g/mol. The first kappa shape index (κ1) is 12.3. The summed E-state index contributed by atoms with van der Waals surface area (Å²) in [5.74, 6) is 0.972. The highest BCUT2D eigenvalue weighted by Gasteiger charge is 2.28. The van der Waals surface area contributed by atoms with Gasteiger partial charge in [0.15, 0.2) is 5.65 Å². The van der Waals surface area contributed by atoms with Crippen LogP contribution >= 0.6 is 0 Å². The molecule has 0 aliphatic carbocycles. The maximum Gasteiger partial charge on any atom is 0.163 e. The number of hydrogen-bond acceptors (Lipinski definition) is 5. The van der Waals surface area contributed by atoms with Crippen LogP contribution in [0.5, 0.6) is 0 Å². The molecule has 19 heavy (non-hydrogen) atoms. The van der Waals surface area contributed by atoms with Crippen LogP contribution < -0.4 is 10.6 Å².